The summed E-state index contributed by atoms with van der Waals surface area (Å²) in [5, 5.41) is 39.8. The van der Waals surface area contributed by atoms with Crippen molar-refractivity contribution >= 4 is 5.91 Å². The Morgan fingerprint density at radius 2 is 2.00 bits per heavy atom. The second-order valence-corrected chi connectivity index (χ2v) is 3.70. The minimum atomic E-state index is -1.52. The summed E-state index contributed by atoms with van der Waals surface area (Å²) < 4.78 is 4.84. The van der Waals surface area contributed by atoms with Crippen LogP contribution >= 0.6 is 0 Å². The number of terminal acetylenes is 1. The van der Waals surface area contributed by atoms with Gasteiger partial charge in [-0.15, -0.1) is 6.42 Å². The molecule has 1 fully saturated rings. The molecule has 17 heavy (non-hydrogen) atoms. The fourth-order valence-corrected chi connectivity index (χ4v) is 1.58. The number of hydrogen-bond donors (Lipinski definition) is 5. The van der Waals surface area contributed by atoms with Crippen molar-refractivity contribution in [1.82, 2.24) is 5.32 Å². The van der Waals surface area contributed by atoms with Gasteiger partial charge in [-0.1, -0.05) is 5.92 Å². The smallest absolute Gasteiger partial charge is 0.232 e. The van der Waals surface area contributed by atoms with Crippen LogP contribution < -0.4 is 5.32 Å². The SMILES string of the molecule is C#CCC(=O)NC1C(O)OC(CO)[C@H](O)[C@@H]1O. The summed E-state index contributed by atoms with van der Waals surface area (Å²) in [6.07, 6.45) is -0.755. The molecule has 1 saturated heterocycles. The molecule has 1 aliphatic rings. The Bertz CT molecular complexity index is 314. The van der Waals surface area contributed by atoms with E-state index in [4.69, 9.17) is 16.3 Å². The van der Waals surface area contributed by atoms with E-state index in [2.05, 4.69) is 11.2 Å². The lowest BCUT2D eigenvalue weighted by Crippen LogP contribution is -2.64. The van der Waals surface area contributed by atoms with Gasteiger partial charge in [0.05, 0.1) is 13.0 Å². The average Bonchev–Trinajstić information content (AvgIpc) is 2.29. The molecule has 0 spiro atoms. The third-order valence-corrected chi connectivity index (χ3v) is 2.49. The van der Waals surface area contributed by atoms with Gasteiger partial charge in [0, 0.05) is 0 Å². The molecule has 0 saturated carbocycles. The predicted octanol–water partition coefficient (Wildman–Crippen LogP) is -3.07. The Hall–Kier alpha value is -1.17. The van der Waals surface area contributed by atoms with Crippen molar-refractivity contribution in [3.63, 3.8) is 0 Å². The highest BCUT2D eigenvalue weighted by atomic mass is 16.6. The van der Waals surface area contributed by atoms with Gasteiger partial charge in [0.25, 0.3) is 0 Å². The third kappa shape index (κ3) is 3.15. The first-order valence-electron chi connectivity index (χ1n) is 5.04. The number of aliphatic hydroxyl groups excluding tert-OH is 4. The molecule has 0 aromatic carbocycles. The lowest BCUT2D eigenvalue weighted by atomic mass is 9.97. The van der Waals surface area contributed by atoms with E-state index in [0.717, 1.165) is 0 Å². The molecular formula is C10H15NO6. The van der Waals surface area contributed by atoms with Crippen LogP contribution in [-0.2, 0) is 9.53 Å². The molecule has 5 N–H and O–H groups in total. The Morgan fingerprint density at radius 1 is 1.35 bits per heavy atom. The summed E-state index contributed by atoms with van der Waals surface area (Å²) >= 11 is 0. The maximum atomic E-state index is 11.2. The van der Waals surface area contributed by atoms with E-state index >= 15 is 0 Å². The van der Waals surface area contributed by atoms with Crippen LogP contribution in [0.25, 0.3) is 0 Å². The second kappa shape index (κ2) is 5.95. The fourth-order valence-electron chi connectivity index (χ4n) is 1.58. The van der Waals surface area contributed by atoms with Crippen LogP contribution in [0.5, 0.6) is 0 Å². The van der Waals surface area contributed by atoms with Gasteiger partial charge >= 0.3 is 0 Å². The van der Waals surface area contributed by atoms with Crippen molar-refractivity contribution in [1.29, 1.82) is 0 Å². The molecule has 5 atom stereocenters. The lowest BCUT2D eigenvalue weighted by molar-refractivity contribution is -0.253. The summed E-state index contributed by atoms with van der Waals surface area (Å²) in [5.41, 5.74) is 0. The van der Waals surface area contributed by atoms with E-state index in [0.29, 0.717) is 0 Å². The number of carbonyl (C=O) groups is 1. The molecule has 7 nitrogen and oxygen atoms in total. The van der Waals surface area contributed by atoms with Gasteiger partial charge in [0.1, 0.15) is 24.4 Å². The molecule has 7 heteroatoms. The van der Waals surface area contributed by atoms with Crippen LogP contribution in [0.3, 0.4) is 0 Å². The van der Waals surface area contributed by atoms with E-state index in [1.807, 2.05) is 0 Å². The van der Waals surface area contributed by atoms with Crippen LogP contribution in [-0.4, -0.2) is 63.6 Å². The molecule has 0 aromatic heterocycles. The van der Waals surface area contributed by atoms with E-state index in [1.165, 1.54) is 0 Å². The molecule has 1 aliphatic heterocycles. The van der Waals surface area contributed by atoms with Gasteiger partial charge in [-0.2, -0.15) is 0 Å². The van der Waals surface area contributed by atoms with E-state index in [9.17, 15) is 20.1 Å². The first-order valence-corrected chi connectivity index (χ1v) is 5.04. The predicted molar refractivity (Wildman–Crippen MR) is 55.4 cm³/mol. The summed E-state index contributed by atoms with van der Waals surface area (Å²) in [5.74, 6) is 1.52. The van der Waals surface area contributed by atoms with Crippen LogP contribution in [0, 0.1) is 12.3 Å². The van der Waals surface area contributed by atoms with Crippen LogP contribution in [0.15, 0.2) is 0 Å². The third-order valence-electron chi connectivity index (χ3n) is 2.49. The summed E-state index contributed by atoms with van der Waals surface area (Å²) in [7, 11) is 0. The number of rotatable bonds is 3. The average molecular weight is 245 g/mol. The van der Waals surface area contributed by atoms with Gasteiger partial charge in [-0.05, 0) is 0 Å². The first-order chi connectivity index (χ1) is 8.01. The number of amides is 1. The standard InChI is InChI=1S/C10H15NO6/c1-2-3-6(13)11-7-9(15)8(14)5(4-12)17-10(7)16/h1,5,7-10,12,14-16H,3-4H2,(H,11,13)/t5?,7?,8-,9+,10?/m0/s1. The van der Waals surface area contributed by atoms with Crippen molar-refractivity contribution in [2.24, 2.45) is 0 Å². The van der Waals surface area contributed by atoms with E-state index in [1.54, 1.807) is 0 Å². The van der Waals surface area contributed by atoms with Gasteiger partial charge in [-0.25, -0.2) is 0 Å². The number of nitrogens with one attached hydrogen (secondary N) is 1. The number of carbonyl (C=O) groups excluding carboxylic acids is 1. The summed E-state index contributed by atoms with van der Waals surface area (Å²) in [6, 6.07) is -1.19. The van der Waals surface area contributed by atoms with E-state index < -0.39 is 43.2 Å². The molecule has 0 bridgehead atoms. The monoisotopic (exact) mass is 245 g/mol. The minimum Gasteiger partial charge on any atom is -0.394 e. The number of ether oxygens (including phenoxy) is 1. The second-order valence-electron chi connectivity index (χ2n) is 3.70. The van der Waals surface area contributed by atoms with E-state index in [-0.39, 0.29) is 6.42 Å². The maximum absolute atomic E-state index is 11.2. The largest absolute Gasteiger partial charge is 0.394 e. The Balaban J connectivity index is 2.67. The van der Waals surface area contributed by atoms with Gasteiger partial charge in [0.15, 0.2) is 6.29 Å². The number of aliphatic hydroxyl groups is 4. The molecule has 0 aromatic rings. The van der Waals surface area contributed by atoms with Crippen molar-refractivity contribution in [3.8, 4) is 12.3 Å². The van der Waals surface area contributed by atoms with Gasteiger partial charge in [-0.3, -0.25) is 4.79 Å². The molecule has 1 amide bonds. The van der Waals surface area contributed by atoms with Crippen LogP contribution in [0.2, 0.25) is 0 Å². The molecule has 3 unspecified atom stereocenters. The number of hydrogen-bond acceptors (Lipinski definition) is 6. The normalized spacial score (nSPS) is 37.2. The fraction of sp³-hybridized carbons (Fsp3) is 0.700. The highest BCUT2D eigenvalue weighted by molar-refractivity contribution is 5.78. The summed E-state index contributed by atoms with van der Waals surface area (Å²) in [4.78, 5) is 11.2. The maximum Gasteiger partial charge on any atom is 0.232 e. The van der Waals surface area contributed by atoms with Crippen LogP contribution in [0.4, 0.5) is 0 Å². The van der Waals surface area contributed by atoms with Crippen molar-refractivity contribution in [2.75, 3.05) is 6.61 Å². The molecule has 0 aliphatic carbocycles. The Kier molecular flexibility index (Phi) is 4.86. The van der Waals surface area contributed by atoms with Gasteiger partial charge in [0.2, 0.25) is 5.91 Å². The topological polar surface area (TPSA) is 119 Å². The Labute approximate surface area is 98.0 Å². The van der Waals surface area contributed by atoms with Crippen molar-refractivity contribution < 1.29 is 30.0 Å². The summed E-state index contributed by atoms with van der Waals surface area (Å²) in [6.45, 7) is -0.555. The zero-order valence-electron chi connectivity index (χ0n) is 8.98. The quantitative estimate of drug-likeness (QED) is 0.336. The molecule has 0 radical (unpaired) electrons. The minimum absolute atomic E-state index is 0.213. The van der Waals surface area contributed by atoms with Gasteiger partial charge < -0.3 is 30.5 Å². The highest BCUT2D eigenvalue weighted by Crippen LogP contribution is 2.19. The zero-order valence-corrected chi connectivity index (χ0v) is 8.98. The van der Waals surface area contributed by atoms with Crippen LogP contribution in [0.1, 0.15) is 6.42 Å². The molecule has 96 valence electrons. The zero-order chi connectivity index (χ0) is 13.0. The Morgan fingerprint density at radius 3 is 2.53 bits per heavy atom. The molecule has 1 heterocycles. The molecule has 1 rings (SSSR count). The molecular weight excluding hydrogens is 230 g/mol. The first kappa shape index (κ1) is 13.9. The highest BCUT2D eigenvalue weighted by Gasteiger charge is 2.44. The lowest BCUT2D eigenvalue weighted by Gasteiger charge is -2.40. The van der Waals surface area contributed by atoms with Crippen molar-refractivity contribution in [2.45, 2.75) is 37.1 Å². The van der Waals surface area contributed by atoms with Crippen molar-refractivity contribution in [3.05, 3.63) is 0 Å².